The van der Waals surface area contributed by atoms with Crippen LogP contribution in [0, 0.1) is 5.92 Å². The first-order chi connectivity index (χ1) is 14.6. The Morgan fingerprint density at radius 1 is 0.933 bits per heavy atom. The Hall–Kier alpha value is -3.08. The van der Waals surface area contributed by atoms with Gasteiger partial charge in [0.15, 0.2) is 0 Å². The molecule has 0 radical (unpaired) electrons. The standard InChI is InChI=1S/C25H28N2O3/c1-18-12-15-26(16-13-18)23-22(20-6-4-3-5-7-20)24(28)27(25(23)29)17-14-19-8-10-21(30-2)11-9-19/h3-11,18H,12-17H2,1-2H3. The molecule has 0 saturated carbocycles. The van der Waals surface area contributed by atoms with E-state index in [-0.39, 0.29) is 11.8 Å². The van der Waals surface area contributed by atoms with Crippen LogP contribution in [0.25, 0.3) is 5.57 Å². The third kappa shape index (κ3) is 3.97. The van der Waals surface area contributed by atoms with Crippen LogP contribution in [0.4, 0.5) is 0 Å². The summed E-state index contributed by atoms with van der Waals surface area (Å²) in [5.74, 6) is 1.09. The van der Waals surface area contributed by atoms with Crippen LogP contribution in [0.1, 0.15) is 30.9 Å². The van der Waals surface area contributed by atoms with Gasteiger partial charge in [0.1, 0.15) is 11.4 Å². The van der Waals surface area contributed by atoms with E-state index >= 15 is 0 Å². The van der Waals surface area contributed by atoms with Gasteiger partial charge in [-0.05, 0) is 48.4 Å². The van der Waals surface area contributed by atoms with Crippen molar-refractivity contribution in [2.45, 2.75) is 26.2 Å². The maximum atomic E-state index is 13.4. The maximum absolute atomic E-state index is 13.4. The van der Waals surface area contributed by atoms with Gasteiger partial charge in [0.25, 0.3) is 11.8 Å². The Morgan fingerprint density at radius 3 is 2.23 bits per heavy atom. The first-order valence-electron chi connectivity index (χ1n) is 10.6. The number of rotatable bonds is 6. The maximum Gasteiger partial charge on any atom is 0.277 e. The lowest BCUT2D eigenvalue weighted by molar-refractivity contribution is -0.137. The quantitative estimate of drug-likeness (QED) is 0.688. The van der Waals surface area contributed by atoms with E-state index < -0.39 is 0 Å². The number of carbonyl (C=O) groups excluding carboxylic acids is 2. The van der Waals surface area contributed by atoms with Crippen LogP contribution in [-0.2, 0) is 16.0 Å². The number of hydrogen-bond donors (Lipinski definition) is 0. The van der Waals surface area contributed by atoms with Gasteiger partial charge in [0, 0.05) is 19.6 Å². The van der Waals surface area contributed by atoms with Crippen molar-refractivity contribution in [3.63, 3.8) is 0 Å². The molecule has 5 nitrogen and oxygen atoms in total. The van der Waals surface area contributed by atoms with Crippen molar-refractivity contribution in [1.82, 2.24) is 9.80 Å². The second-order valence-corrected chi connectivity index (χ2v) is 8.12. The van der Waals surface area contributed by atoms with E-state index in [2.05, 4.69) is 11.8 Å². The Balaban J connectivity index is 1.59. The zero-order valence-corrected chi connectivity index (χ0v) is 17.6. The van der Waals surface area contributed by atoms with E-state index in [0.717, 1.165) is 42.8 Å². The second-order valence-electron chi connectivity index (χ2n) is 8.12. The molecule has 1 saturated heterocycles. The van der Waals surface area contributed by atoms with E-state index in [4.69, 9.17) is 4.74 Å². The molecule has 0 N–H and O–H groups in total. The predicted octanol–water partition coefficient (Wildman–Crippen LogP) is 3.75. The molecule has 5 heteroatoms. The molecule has 156 valence electrons. The number of piperidine rings is 1. The first kappa shape index (κ1) is 20.2. The van der Waals surface area contributed by atoms with Gasteiger partial charge in [-0.3, -0.25) is 14.5 Å². The number of carbonyl (C=O) groups is 2. The fraction of sp³-hybridized carbons (Fsp3) is 0.360. The third-order valence-corrected chi connectivity index (χ3v) is 6.09. The lowest BCUT2D eigenvalue weighted by Crippen LogP contribution is -2.39. The number of imide groups is 1. The molecular weight excluding hydrogens is 376 g/mol. The third-order valence-electron chi connectivity index (χ3n) is 6.09. The largest absolute Gasteiger partial charge is 0.497 e. The Kier molecular flexibility index (Phi) is 5.88. The zero-order chi connectivity index (χ0) is 21.1. The molecule has 2 amide bonds. The highest BCUT2D eigenvalue weighted by Crippen LogP contribution is 2.33. The van der Waals surface area contributed by atoms with E-state index in [1.807, 2.05) is 54.6 Å². The highest BCUT2D eigenvalue weighted by atomic mass is 16.5. The molecule has 0 aliphatic carbocycles. The summed E-state index contributed by atoms with van der Waals surface area (Å²) in [6.45, 7) is 4.25. The molecule has 0 spiro atoms. The molecule has 2 aromatic carbocycles. The van der Waals surface area contributed by atoms with Crippen LogP contribution in [0.3, 0.4) is 0 Å². The SMILES string of the molecule is COc1ccc(CCN2C(=O)C(c3ccccc3)=C(N3CCC(C)CC3)C2=O)cc1. The zero-order valence-electron chi connectivity index (χ0n) is 17.6. The summed E-state index contributed by atoms with van der Waals surface area (Å²) in [4.78, 5) is 30.3. The minimum Gasteiger partial charge on any atom is -0.497 e. The number of nitrogens with zero attached hydrogens (tertiary/aromatic N) is 2. The van der Waals surface area contributed by atoms with Crippen LogP contribution in [0.5, 0.6) is 5.75 Å². The van der Waals surface area contributed by atoms with Gasteiger partial charge < -0.3 is 9.64 Å². The average molecular weight is 405 g/mol. The van der Waals surface area contributed by atoms with Crippen molar-refractivity contribution in [2.75, 3.05) is 26.7 Å². The molecule has 2 aliphatic heterocycles. The molecule has 1 fully saturated rings. The van der Waals surface area contributed by atoms with Gasteiger partial charge in [-0.15, -0.1) is 0 Å². The van der Waals surface area contributed by atoms with Crippen molar-refractivity contribution in [2.24, 2.45) is 5.92 Å². The van der Waals surface area contributed by atoms with Gasteiger partial charge >= 0.3 is 0 Å². The molecule has 4 rings (SSSR count). The molecular formula is C25H28N2O3. The summed E-state index contributed by atoms with van der Waals surface area (Å²) in [6.07, 6.45) is 2.70. The second kappa shape index (κ2) is 8.74. The molecule has 2 aliphatic rings. The summed E-state index contributed by atoms with van der Waals surface area (Å²) >= 11 is 0. The van der Waals surface area contributed by atoms with Crippen molar-refractivity contribution < 1.29 is 14.3 Å². The fourth-order valence-electron chi connectivity index (χ4n) is 4.19. The number of benzene rings is 2. The number of hydrogen-bond acceptors (Lipinski definition) is 4. The Bertz CT molecular complexity index is 942. The van der Waals surface area contributed by atoms with Gasteiger partial charge in [-0.2, -0.15) is 0 Å². The lowest BCUT2D eigenvalue weighted by atomic mass is 9.97. The van der Waals surface area contributed by atoms with Crippen molar-refractivity contribution in [3.05, 3.63) is 71.4 Å². The van der Waals surface area contributed by atoms with Gasteiger partial charge in [-0.1, -0.05) is 49.4 Å². The minimum atomic E-state index is -0.187. The molecule has 0 bridgehead atoms. The smallest absolute Gasteiger partial charge is 0.277 e. The molecule has 0 atom stereocenters. The molecule has 0 unspecified atom stereocenters. The minimum absolute atomic E-state index is 0.165. The Morgan fingerprint density at radius 2 is 1.60 bits per heavy atom. The van der Waals surface area contributed by atoms with E-state index in [0.29, 0.717) is 30.2 Å². The van der Waals surface area contributed by atoms with Crippen molar-refractivity contribution in [3.8, 4) is 5.75 Å². The number of likely N-dealkylation sites (tertiary alicyclic amines) is 1. The van der Waals surface area contributed by atoms with Crippen LogP contribution in [0.2, 0.25) is 0 Å². The normalized spacial score (nSPS) is 17.8. The van der Waals surface area contributed by atoms with Crippen LogP contribution >= 0.6 is 0 Å². The van der Waals surface area contributed by atoms with Gasteiger partial charge in [-0.25, -0.2) is 0 Å². The summed E-state index contributed by atoms with van der Waals surface area (Å²) < 4.78 is 5.20. The monoisotopic (exact) mass is 404 g/mol. The average Bonchev–Trinajstić information content (AvgIpc) is 3.03. The van der Waals surface area contributed by atoms with Gasteiger partial charge in [0.2, 0.25) is 0 Å². The molecule has 0 aromatic heterocycles. The van der Waals surface area contributed by atoms with Gasteiger partial charge in [0.05, 0.1) is 12.7 Å². The number of ether oxygens (including phenoxy) is 1. The predicted molar refractivity (Wildman–Crippen MR) is 117 cm³/mol. The number of amides is 2. The molecule has 30 heavy (non-hydrogen) atoms. The van der Waals surface area contributed by atoms with E-state index in [1.165, 1.54) is 4.90 Å². The van der Waals surface area contributed by atoms with Crippen LogP contribution in [0.15, 0.2) is 60.3 Å². The summed E-state index contributed by atoms with van der Waals surface area (Å²) in [6, 6.07) is 17.3. The van der Waals surface area contributed by atoms with Crippen molar-refractivity contribution in [1.29, 1.82) is 0 Å². The van der Waals surface area contributed by atoms with E-state index in [1.54, 1.807) is 7.11 Å². The fourth-order valence-corrected chi connectivity index (χ4v) is 4.19. The number of methoxy groups -OCH3 is 1. The molecule has 2 aromatic rings. The highest BCUT2D eigenvalue weighted by molar-refractivity contribution is 6.35. The highest BCUT2D eigenvalue weighted by Gasteiger charge is 2.41. The summed E-state index contributed by atoms with van der Waals surface area (Å²) in [5.41, 5.74) is 3.01. The lowest BCUT2D eigenvalue weighted by Gasteiger charge is -2.32. The first-order valence-corrected chi connectivity index (χ1v) is 10.6. The van der Waals surface area contributed by atoms with Crippen molar-refractivity contribution >= 4 is 17.4 Å². The van der Waals surface area contributed by atoms with Crippen LogP contribution in [-0.4, -0.2) is 48.4 Å². The van der Waals surface area contributed by atoms with Crippen LogP contribution < -0.4 is 4.74 Å². The molecule has 2 heterocycles. The summed E-state index contributed by atoms with van der Waals surface area (Å²) in [7, 11) is 1.64. The Labute approximate surface area is 177 Å². The van der Waals surface area contributed by atoms with E-state index in [9.17, 15) is 9.59 Å². The topological polar surface area (TPSA) is 49.9 Å². The summed E-state index contributed by atoms with van der Waals surface area (Å²) in [5, 5.41) is 0.